The molecule has 0 bridgehead atoms. The van der Waals surface area contributed by atoms with Crippen molar-refractivity contribution >= 4 is 57.1 Å². The van der Waals surface area contributed by atoms with Crippen molar-refractivity contribution in [1.29, 1.82) is 0 Å². The average molecular weight is 581 g/mol. The number of hydrogen-bond donors (Lipinski definition) is 1. The summed E-state index contributed by atoms with van der Waals surface area (Å²) in [6.45, 7) is 6.41. The number of benzene rings is 4. The van der Waals surface area contributed by atoms with Crippen molar-refractivity contribution in [2.45, 2.75) is 43.7 Å². The Bertz CT molecular complexity index is 1850. The van der Waals surface area contributed by atoms with Gasteiger partial charge in [-0.25, -0.2) is 0 Å². The Balaban J connectivity index is 1.30. The van der Waals surface area contributed by atoms with Crippen LogP contribution in [0.2, 0.25) is 13.1 Å². The summed E-state index contributed by atoms with van der Waals surface area (Å²) >= 11 is 0. The van der Waals surface area contributed by atoms with Crippen LogP contribution in [0, 0.1) is 0 Å². The smallest absolute Gasteiger partial charge is 0.294 e. The summed E-state index contributed by atoms with van der Waals surface area (Å²) in [7, 11) is -6.53. The highest BCUT2D eigenvalue weighted by molar-refractivity contribution is 7.85. The van der Waals surface area contributed by atoms with Crippen LogP contribution in [0.4, 0.5) is 22.7 Å². The van der Waals surface area contributed by atoms with Crippen molar-refractivity contribution in [2.24, 2.45) is 0 Å². The Morgan fingerprint density at radius 1 is 0.707 bits per heavy atom. The summed E-state index contributed by atoms with van der Waals surface area (Å²) in [4.78, 5) is 18.3. The molecule has 1 N–H and O–H groups in total. The number of ketones is 1. The number of fused-ring (bicyclic) bond motifs is 4. The fourth-order valence-corrected chi connectivity index (χ4v) is 10.5. The third-order valence-corrected chi connectivity index (χ3v) is 13.4. The van der Waals surface area contributed by atoms with Gasteiger partial charge in [-0.2, -0.15) is 8.42 Å². The van der Waals surface area contributed by atoms with Gasteiger partial charge in [-0.15, -0.1) is 0 Å². The summed E-state index contributed by atoms with van der Waals surface area (Å²) in [5.41, 5.74) is 8.20. The molecule has 0 aromatic heterocycles. The van der Waals surface area contributed by atoms with E-state index in [4.69, 9.17) is 0 Å². The maximum atomic E-state index is 13.8. The van der Waals surface area contributed by atoms with E-state index in [1.165, 1.54) is 22.5 Å². The molecule has 3 heterocycles. The molecule has 0 saturated carbocycles. The monoisotopic (exact) mass is 580 g/mol. The zero-order chi connectivity index (χ0) is 28.5. The van der Waals surface area contributed by atoms with Gasteiger partial charge in [0.05, 0.1) is 4.90 Å². The maximum absolute atomic E-state index is 13.8. The first-order chi connectivity index (χ1) is 19.6. The number of carbonyl (C=O) groups excluding carboxylic acids is 1. The third kappa shape index (κ3) is 4.24. The predicted octanol–water partition coefficient (Wildman–Crippen LogP) is 5.47. The molecule has 41 heavy (non-hydrogen) atoms. The van der Waals surface area contributed by atoms with E-state index in [2.05, 4.69) is 65.4 Å². The standard InChI is InChI=1S/C33H32N2O4SSi/c1-41(2)31-20-24(34-17-5-8-22-7-3-4-10-29(22)34)11-14-27(31)33(36)28-15-12-25(21-32(28)41)35-18-6-9-23-19-26(40(37,38)39)13-16-30(23)35/h3-4,7,10-16,19-21H,5-6,8-9,17-18H2,1-2H3,(H,37,38,39). The van der Waals surface area contributed by atoms with E-state index >= 15 is 0 Å². The molecular formula is C33H32N2O4SSi. The Morgan fingerprint density at radius 3 is 1.88 bits per heavy atom. The van der Waals surface area contributed by atoms with Crippen LogP contribution < -0.4 is 20.2 Å². The fraction of sp³-hybridized carbons (Fsp3) is 0.242. The summed E-state index contributed by atoms with van der Waals surface area (Å²) in [6, 6.07) is 26.0. The van der Waals surface area contributed by atoms with Crippen molar-refractivity contribution in [2.75, 3.05) is 22.9 Å². The molecule has 4 aromatic carbocycles. The van der Waals surface area contributed by atoms with Crippen LogP contribution in [-0.2, 0) is 23.0 Å². The SMILES string of the molecule is C[Si]1(C)c2cc(N3CCCc4ccccc43)ccc2C(=O)c2ccc(N3CCCc4cc(S(=O)(=O)O)ccc43)cc21. The summed E-state index contributed by atoms with van der Waals surface area (Å²) in [5.74, 6) is 0.0795. The lowest BCUT2D eigenvalue weighted by Gasteiger charge is -2.37. The Labute approximate surface area is 242 Å². The Kier molecular flexibility index (Phi) is 6.01. The van der Waals surface area contributed by atoms with Gasteiger partial charge in [-0.1, -0.05) is 31.3 Å². The second-order valence-corrected chi connectivity index (χ2v) is 17.6. The van der Waals surface area contributed by atoms with Crippen LogP contribution in [-0.4, -0.2) is 39.9 Å². The number of anilines is 4. The summed E-state index contributed by atoms with van der Waals surface area (Å²) < 4.78 is 33.0. The zero-order valence-electron chi connectivity index (χ0n) is 23.2. The van der Waals surface area contributed by atoms with Crippen molar-refractivity contribution in [3.05, 3.63) is 101 Å². The number of carbonyl (C=O) groups is 1. The number of rotatable bonds is 3. The molecule has 208 valence electrons. The molecule has 0 atom stereocenters. The van der Waals surface area contributed by atoms with Crippen molar-refractivity contribution < 1.29 is 17.8 Å². The second kappa shape index (κ2) is 9.41. The quantitative estimate of drug-likeness (QED) is 0.256. The zero-order valence-corrected chi connectivity index (χ0v) is 25.0. The Hall–Kier alpha value is -3.72. The molecule has 7 rings (SSSR count). The van der Waals surface area contributed by atoms with Crippen LogP contribution in [0.5, 0.6) is 0 Å². The molecule has 3 aliphatic heterocycles. The normalized spacial score (nSPS) is 17.4. The predicted molar refractivity (Wildman–Crippen MR) is 166 cm³/mol. The van der Waals surface area contributed by atoms with Crippen LogP contribution in [0.15, 0.2) is 83.8 Å². The van der Waals surface area contributed by atoms with Crippen molar-refractivity contribution in [3.63, 3.8) is 0 Å². The van der Waals surface area contributed by atoms with E-state index in [0.717, 1.165) is 77.7 Å². The van der Waals surface area contributed by atoms with Gasteiger partial charge in [-0.05, 0) is 108 Å². The van der Waals surface area contributed by atoms with Crippen molar-refractivity contribution in [1.82, 2.24) is 0 Å². The van der Waals surface area contributed by atoms with Crippen LogP contribution in [0.3, 0.4) is 0 Å². The molecule has 0 fully saturated rings. The molecule has 4 aromatic rings. The average Bonchev–Trinajstić information content (AvgIpc) is 2.98. The fourth-order valence-electron chi connectivity index (χ4n) is 6.92. The first-order valence-corrected chi connectivity index (χ1v) is 18.6. The lowest BCUT2D eigenvalue weighted by Crippen LogP contribution is -2.60. The molecule has 0 aliphatic carbocycles. The highest BCUT2D eigenvalue weighted by Crippen LogP contribution is 2.37. The van der Waals surface area contributed by atoms with E-state index in [0.29, 0.717) is 0 Å². The minimum atomic E-state index is -4.26. The molecule has 0 spiro atoms. The van der Waals surface area contributed by atoms with E-state index < -0.39 is 18.2 Å². The molecule has 0 amide bonds. The molecule has 8 heteroatoms. The van der Waals surface area contributed by atoms with E-state index in [9.17, 15) is 17.8 Å². The highest BCUT2D eigenvalue weighted by atomic mass is 32.2. The minimum Gasteiger partial charge on any atom is -0.341 e. The number of nitrogens with zero attached hydrogens (tertiary/aromatic N) is 2. The van der Waals surface area contributed by atoms with Crippen LogP contribution in [0.25, 0.3) is 0 Å². The topological polar surface area (TPSA) is 77.9 Å². The van der Waals surface area contributed by atoms with E-state index in [1.54, 1.807) is 12.1 Å². The Morgan fingerprint density at radius 2 is 1.27 bits per heavy atom. The number of para-hydroxylation sites is 1. The third-order valence-electron chi connectivity index (χ3n) is 9.04. The van der Waals surface area contributed by atoms with E-state index in [-0.39, 0.29) is 10.7 Å². The molecule has 0 unspecified atom stereocenters. The van der Waals surface area contributed by atoms with E-state index in [1.807, 2.05) is 18.2 Å². The lowest BCUT2D eigenvalue weighted by molar-refractivity contribution is 0.104. The lowest BCUT2D eigenvalue weighted by atomic mass is 9.98. The van der Waals surface area contributed by atoms with Gasteiger partial charge < -0.3 is 9.80 Å². The van der Waals surface area contributed by atoms with Gasteiger partial charge in [0.15, 0.2) is 5.78 Å². The van der Waals surface area contributed by atoms with Gasteiger partial charge in [0, 0.05) is 47.0 Å². The molecule has 6 nitrogen and oxygen atoms in total. The first kappa shape index (κ1) is 26.2. The van der Waals surface area contributed by atoms with Gasteiger partial charge in [-0.3, -0.25) is 9.35 Å². The maximum Gasteiger partial charge on any atom is 0.294 e. The van der Waals surface area contributed by atoms with Gasteiger partial charge in [0.25, 0.3) is 10.1 Å². The number of hydrogen-bond acceptors (Lipinski definition) is 5. The molecule has 0 radical (unpaired) electrons. The van der Waals surface area contributed by atoms with Crippen LogP contribution in [0.1, 0.15) is 39.9 Å². The first-order valence-electron chi connectivity index (χ1n) is 14.2. The van der Waals surface area contributed by atoms with Gasteiger partial charge in [0.1, 0.15) is 8.07 Å². The molecule has 3 aliphatic rings. The second-order valence-electron chi connectivity index (χ2n) is 11.8. The highest BCUT2D eigenvalue weighted by Gasteiger charge is 2.39. The summed E-state index contributed by atoms with van der Waals surface area (Å²) in [5, 5.41) is 2.30. The van der Waals surface area contributed by atoms with Gasteiger partial charge >= 0.3 is 0 Å². The van der Waals surface area contributed by atoms with Crippen molar-refractivity contribution in [3.8, 4) is 0 Å². The molecule has 0 saturated heterocycles. The van der Waals surface area contributed by atoms with Gasteiger partial charge in [0.2, 0.25) is 0 Å². The minimum absolute atomic E-state index is 0.0774. The largest absolute Gasteiger partial charge is 0.341 e. The number of aryl methyl sites for hydroxylation is 2. The summed E-state index contributed by atoms with van der Waals surface area (Å²) in [6.07, 6.45) is 3.79. The molecular weight excluding hydrogens is 549 g/mol. The van der Waals surface area contributed by atoms with Crippen LogP contribution >= 0.6 is 0 Å².